The third-order valence-corrected chi connectivity index (χ3v) is 7.87. The summed E-state index contributed by atoms with van der Waals surface area (Å²) in [5.74, 6) is -3.82. The van der Waals surface area contributed by atoms with Crippen LogP contribution in [0.5, 0.6) is 5.88 Å². The summed E-state index contributed by atoms with van der Waals surface area (Å²) in [4.78, 5) is 37.6. The highest BCUT2D eigenvalue weighted by molar-refractivity contribution is 7.13. The van der Waals surface area contributed by atoms with E-state index in [0.29, 0.717) is 22.7 Å². The molecule has 2 aromatic heterocycles. The van der Waals surface area contributed by atoms with E-state index in [0.717, 1.165) is 18.2 Å². The number of halogens is 3. The molecule has 0 bridgehead atoms. The molecule has 0 radical (unpaired) electrons. The van der Waals surface area contributed by atoms with Crippen LogP contribution in [0.3, 0.4) is 0 Å². The topological polar surface area (TPSA) is 88.3 Å². The van der Waals surface area contributed by atoms with Crippen LogP contribution in [0.1, 0.15) is 58.9 Å². The molecule has 4 aromatic rings. The van der Waals surface area contributed by atoms with E-state index in [2.05, 4.69) is 9.97 Å². The van der Waals surface area contributed by atoms with Crippen LogP contribution in [0.15, 0.2) is 52.6 Å². The van der Waals surface area contributed by atoms with E-state index in [1.165, 1.54) is 26.9 Å². The normalized spacial score (nSPS) is 16.0. The van der Waals surface area contributed by atoms with E-state index in [9.17, 15) is 27.9 Å². The molecule has 1 N–H and O–H groups in total. The zero-order valence-corrected chi connectivity index (χ0v) is 22.0. The van der Waals surface area contributed by atoms with Gasteiger partial charge in [-0.15, -0.1) is 11.3 Å². The summed E-state index contributed by atoms with van der Waals surface area (Å²) in [5.41, 5.74) is -0.131. The molecule has 0 spiro atoms. The number of aryl methyl sites for hydroxylation is 1. The van der Waals surface area contributed by atoms with Crippen LogP contribution in [-0.4, -0.2) is 43.5 Å². The number of amides is 1. The Balaban J connectivity index is 1.61. The standard InChI is InChI=1S/C28H25F3N4O3S/c1-3-22(17-10-18(29)12-19(30)11-17)35-24(26-32-15(2)14-39-26)33-25(36)23(28(35)38)27(37)34-9-8-16(13-34)20-6-4-5-7-21(20)31/h4-7,10-12,14,16,22,36H,3,8-9,13H2,1-2H3/t16?,22-/m0/s1. The van der Waals surface area contributed by atoms with Crippen molar-refractivity contribution in [2.75, 3.05) is 13.1 Å². The monoisotopic (exact) mass is 554 g/mol. The molecule has 1 aliphatic rings. The van der Waals surface area contributed by atoms with Gasteiger partial charge in [-0.1, -0.05) is 25.1 Å². The van der Waals surface area contributed by atoms with Gasteiger partial charge in [0.25, 0.3) is 11.5 Å². The first-order chi connectivity index (χ1) is 18.7. The van der Waals surface area contributed by atoms with Gasteiger partial charge in [-0.05, 0) is 49.1 Å². The molecule has 0 aliphatic carbocycles. The molecule has 1 unspecified atom stereocenters. The number of hydrogen-bond acceptors (Lipinski definition) is 6. The second kappa shape index (κ2) is 10.6. The van der Waals surface area contributed by atoms with Crippen LogP contribution in [0.25, 0.3) is 10.8 Å². The molecular formula is C28H25F3N4O3S. The van der Waals surface area contributed by atoms with Crippen molar-refractivity contribution in [1.29, 1.82) is 0 Å². The van der Waals surface area contributed by atoms with E-state index in [1.54, 1.807) is 37.4 Å². The minimum absolute atomic E-state index is 0.0191. The van der Waals surface area contributed by atoms with Crippen molar-refractivity contribution in [1.82, 2.24) is 19.4 Å². The predicted molar refractivity (Wildman–Crippen MR) is 140 cm³/mol. The fraction of sp³-hybridized carbons (Fsp3) is 0.286. The molecule has 202 valence electrons. The Morgan fingerprint density at radius 2 is 1.87 bits per heavy atom. The van der Waals surface area contributed by atoms with Gasteiger partial charge < -0.3 is 10.0 Å². The second-order valence-electron chi connectivity index (χ2n) is 9.49. The molecule has 2 aromatic carbocycles. The van der Waals surface area contributed by atoms with Crippen LogP contribution < -0.4 is 5.56 Å². The van der Waals surface area contributed by atoms with E-state index in [1.807, 2.05) is 0 Å². The van der Waals surface area contributed by atoms with Crippen molar-refractivity contribution in [2.45, 2.75) is 38.6 Å². The first-order valence-electron chi connectivity index (χ1n) is 12.5. The van der Waals surface area contributed by atoms with Gasteiger partial charge >= 0.3 is 0 Å². The van der Waals surface area contributed by atoms with Crippen LogP contribution in [0.4, 0.5) is 13.2 Å². The summed E-state index contributed by atoms with van der Waals surface area (Å²) in [6.45, 7) is 3.87. The smallest absolute Gasteiger partial charge is 0.271 e. The maximum atomic E-state index is 14.4. The second-order valence-corrected chi connectivity index (χ2v) is 10.3. The van der Waals surface area contributed by atoms with Gasteiger partial charge in [-0.25, -0.2) is 18.2 Å². The van der Waals surface area contributed by atoms with Gasteiger partial charge in [0.2, 0.25) is 5.88 Å². The number of nitrogens with zero attached hydrogens (tertiary/aromatic N) is 4. The predicted octanol–water partition coefficient (Wildman–Crippen LogP) is 5.43. The number of rotatable bonds is 6. The van der Waals surface area contributed by atoms with Crippen LogP contribution >= 0.6 is 11.3 Å². The highest BCUT2D eigenvalue weighted by Crippen LogP contribution is 2.33. The number of carbonyl (C=O) groups is 1. The van der Waals surface area contributed by atoms with E-state index in [4.69, 9.17) is 0 Å². The zero-order valence-electron chi connectivity index (χ0n) is 21.2. The quantitative estimate of drug-likeness (QED) is 0.344. The van der Waals surface area contributed by atoms with Gasteiger partial charge in [0.1, 0.15) is 17.5 Å². The number of thiazole rings is 1. The molecule has 1 aliphatic heterocycles. The molecule has 1 fully saturated rings. The lowest BCUT2D eigenvalue weighted by Gasteiger charge is -2.24. The maximum absolute atomic E-state index is 14.4. The van der Waals surface area contributed by atoms with Crippen LogP contribution in [0, 0.1) is 24.4 Å². The fourth-order valence-corrected chi connectivity index (χ4v) is 5.88. The third-order valence-electron chi connectivity index (χ3n) is 6.91. The average Bonchev–Trinajstić information content (AvgIpc) is 3.55. The lowest BCUT2D eigenvalue weighted by molar-refractivity contribution is 0.0783. The Bertz CT molecular complexity index is 1600. The molecule has 0 saturated carbocycles. The Kier molecular flexibility index (Phi) is 7.26. The fourth-order valence-electron chi connectivity index (χ4n) is 5.10. The average molecular weight is 555 g/mol. The van der Waals surface area contributed by atoms with Crippen molar-refractivity contribution in [3.63, 3.8) is 0 Å². The summed E-state index contributed by atoms with van der Waals surface area (Å²) in [7, 11) is 0. The van der Waals surface area contributed by atoms with E-state index < -0.39 is 40.6 Å². The van der Waals surface area contributed by atoms with Crippen molar-refractivity contribution < 1.29 is 23.1 Å². The highest BCUT2D eigenvalue weighted by atomic mass is 32.1. The summed E-state index contributed by atoms with van der Waals surface area (Å²) < 4.78 is 43.9. The van der Waals surface area contributed by atoms with Crippen molar-refractivity contribution in [3.8, 4) is 16.7 Å². The van der Waals surface area contributed by atoms with Gasteiger partial charge in [-0.3, -0.25) is 14.2 Å². The van der Waals surface area contributed by atoms with Crippen LogP contribution in [0.2, 0.25) is 0 Å². The number of hydrogen-bond donors (Lipinski definition) is 1. The van der Waals surface area contributed by atoms with Gasteiger partial charge in [0.15, 0.2) is 16.4 Å². The van der Waals surface area contributed by atoms with Crippen molar-refractivity contribution in [2.24, 2.45) is 0 Å². The molecular weight excluding hydrogens is 529 g/mol. The summed E-state index contributed by atoms with van der Waals surface area (Å²) in [6.07, 6.45) is 0.699. The van der Waals surface area contributed by atoms with Crippen LogP contribution in [-0.2, 0) is 0 Å². The Labute approximate surface area is 226 Å². The number of carbonyl (C=O) groups excluding carboxylic acids is 1. The Morgan fingerprint density at radius 3 is 2.51 bits per heavy atom. The van der Waals surface area contributed by atoms with E-state index >= 15 is 0 Å². The first kappa shape index (κ1) is 26.6. The number of aromatic hydroxyl groups is 1. The van der Waals surface area contributed by atoms with Gasteiger partial charge in [0, 0.05) is 36.1 Å². The first-order valence-corrected chi connectivity index (χ1v) is 13.3. The molecule has 39 heavy (non-hydrogen) atoms. The van der Waals surface area contributed by atoms with Crippen molar-refractivity contribution >= 4 is 17.2 Å². The SMILES string of the molecule is CC[C@@H](c1cc(F)cc(F)c1)n1c(-c2nc(C)cs2)nc(O)c(C(=O)N2CCC(c3ccccc3F)C2)c1=O. The van der Waals surface area contributed by atoms with Gasteiger partial charge in [-0.2, -0.15) is 4.98 Å². The molecule has 11 heteroatoms. The van der Waals surface area contributed by atoms with Gasteiger partial charge in [0.05, 0.1) is 6.04 Å². The summed E-state index contributed by atoms with van der Waals surface area (Å²) in [6, 6.07) is 8.38. The Morgan fingerprint density at radius 1 is 1.15 bits per heavy atom. The maximum Gasteiger partial charge on any atom is 0.271 e. The molecule has 1 saturated heterocycles. The third kappa shape index (κ3) is 5.06. The minimum atomic E-state index is -0.911. The molecule has 7 nitrogen and oxygen atoms in total. The molecule has 3 heterocycles. The summed E-state index contributed by atoms with van der Waals surface area (Å²) in [5, 5.41) is 12.9. The number of likely N-dealkylation sites (tertiary alicyclic amines) is 1. The zero-order chi connectivity index (χ0) is 27.8. The van der Waals surface area contributed by atoms with E-state index in [-0.39, 0.29) is 42.6 Å². The molecule has 5 rings (SSSR count). The number of aromatic nitrogens is 3. The highest BCUT2D eigenvalue weighted by Gasteiger charge is 2.35. The minimum Gasteiger partial charge on any atom is -0.493 e. The summed E-state index contributed by atoms with van der Waals surface area (Å²) >= 11 is 1.18. The largest absolute Gasteiger partial charge is 0.493 e. The van der Waals surface area contributed by atoms with Crippen molar-refractivity contribution in [3.05, 3.63) is 98.0 Å². The molecule has 2 atom stereocenters. The Hall–Kier alpha value is -3.99. The number of benzene rings is 2. The lowest BCUT2D eigenvalue weighted by Crippen LogP contribution is -2.38. The lowest BCUT2D eigenvalue weighted by atomic mass is 9.98. The molecule has 1 amide bonds.